The van der Waals surface area contributed by atoms with Crippen molar-refractivity contribution in [3.8, 4) is 11.1 Å². The number of nitrogens with two attached hydrogens (primary N) is 1. The number of hydrogen-bond donors (Lipinski definition) is 4. The fourth-order valence-corrected chi connectivity index (χ4v) is 3.84. The number of rotatable bonds is 5. The molecular formula is C21H25N7. The van der Waals surface area contributed by atoms with E-state index in [0.717, 1.165) is 40.7 Å². The number of nitrogens with one attached hydrogen (secondary N) is 3. The standard InChI is InChI=1S/C21H25N7/c1-24-16-3-5-17(6-4-16)28-21-18-9-13(2-7-19(18)26-12-27-21)15-8-14(10-22)20(23)25-11-15/h2,7-12,16-17,22,24H,3-6H2,1H3,(H2,23,25)(H,26,27,28). The van der Waals surface area contributed by atoms with E-state index in [9.17, 15) is 0 Å². The maximum absolute atomic E-state index is 7.50. The first-order valence-corrected chi connectivity index (χ1v) is 9.63. The van der Waals surface area contributed by atoms with Crippen molar-refractivity contribution in [1.82, 2.24) is 20.3 Å². The molecule has 2 aromatic heterocycles. The number of hydrogen-bond acceptors (Lipinski definition) is 7. The third kappa shape index (κ3) is 3.66. The van der Waals surface area contributed by atoms with Gasteiger partial charge >= 0.3 is 0 Å². The number of pyridine rings is 1. The van der Waals surface area contributed by atoms with E-state index in [0.29, 0.717) is 23.5 Å². The molecule has 1 saturated carbocycles. The van der Waals surface area contributed by atoms with Crippen molar-refractivity contribution in [3.63, 3.8) is 0 Å². The Bertz CT molecular complexity index is 993. The molecule has 0 amide bonds. The predicted octanol–water partition coefficient (Wildman–Crippen LogP) is 3.21. The molecule has 0 radical (unpaired) electrons. The molecule has 144 valence electrons. The number of anilines is 2. The maximum atomic E-state index is 7.50. The van der Waals surface area contributed by atoms with Gasteiger partial charge in [-0.2, -0.15) is 0 Å². The summed E-state index contributed by atoms with van der Waals surface area (Å²) >= 11 is 0. The summed E-state index contributed by atoms with van der Waals surface area (Å²) in [4.78, 5) is 13.1. The summed E-state index contributed by atoms with van der Waals surface area (Å²) in [6.45, 7) is 0. The Morgan fingerprint density at radius 3 is 2.57 bits per heavy atom. The van der Waals surface area contributed by atoms with Gasteiger partial charge in [-0.15, -0.1) is 0 Å². The summed E-state index contributed by atoms with van der Waals surface area (Å²) in [5.74, 6) is 1.23. The molecule has 4 rings (SSSR count). The average Bonchev–Trinajstić information content (AvgIpc) is 2.74. The van der Waals surface area contributed by atoms with E-state index in [4.69, 9.17) is 11.1 Å². The van der Waals surface area contributed by atoms with Crippen LogP contribution in [0.1, 0.15) is 31.2 Å². The molecule has 2 heterocycles. The summed E-state index contributed by atoms with van der Waals surface area (Å²) in [6, 6.07) is 9.01. The highest BCUT2D eigenvalue weighted by atomic mass is 15.0. The van der Waals surface area contributed by atoms with Gasteiger partial charge in [-0.05, 0) is 56.5 Å². The fourth-order valence-electron chi connectivity index (χ4n) is 3.84. The monoisotopic (exact) mass is 375 g/mol. The molecule has 0 bridgehead atoms. The van der Waals surface area contributed by atoms with Crippen LogP contribution in [0, 0.1) is 5.41 Å². The maximum Gasteiger partial charge on any atom is 0.137 e. The van der Waals surface area contributed by atoms with Gasteiger partial charge < -0.3 is 21.8 Å². The van der Waals surface area contributed by atoms with Crippen LogP contribution in [0.25, 0.3) is 22.0 Å². The highest BCUT2D eigenvalue weighted by molar-refractivity contribution is 5.93. The van der Waals surface area contributed by atoms with Crippen molar-refractivity contribution in [2.75, 3.05) is 18.1 Å². The first kappa shape index (κ1) is 18.3. The second-order valence-electron chi connectivity index (χ2n) is 7.28. The summed E-state index contributed by atoms with van der Waals surface area (Å²) in [6.07, 6.45) is 9.17. The summed E-state index contributed by atoms with van der Waals surface area (Å²) in [7, 11) is 2.04. The predicted molar refractivity (Wildman–Crippen MR) is 114 cm³/mol. The van der Waals surface area contributed by atoms with E-state index in [1.165, 1.54) is 19.1 Å². The van der Waals surface area contributed by atoms with Crippen molar-refractivity contribution < 1.29 is 0 Å². The first-order valence-electron chi connectivity index (χ1n) is 9.63. The van der Waals surface area contributed by atoms with Crippen LogP contribution in [0.15, 0.2) is 36.8 Å². The molecule has 7 heteroatoms. The van der Waals surface area contributed by atoms with Crippen molar-refractivity contribution >= 4 is 28.8 Å². The molecule has 7 nitrogen and oxygen atoms in total. The van der Waals surface area contributed by atoms with Crippen molar-refractivity contribution in [3.05, 3.63) is 42.4 Å². The minimum Gasteiger partial charge on any atom is -0.383 e. The van der Waals surface area contributed by atoms with E-state index in [-0.39, 0.29) is 0 Å². The average molecular weight is 375 g/mol. The quantitative estimate of drug-likeness (QED) is 0.509. The van der Waals surface area contributed by atoms with E-state index >= 15 is 0 Å². The number of nitrogen functional groups attached to an aromatic ring is 1. The summed E-state index contributed by atoms with van der Waals surface area (Å²) in [5.41, 5.74) is 9.25. The lowest BCUT2D eigenvalue weighted by Gasteiger charge is -2.29. The van der Waals surface area contributed by atoms with Gasteiger partial charge in [0.2, 0.25) is 0 Å². The van der Waals surface area contributed by atoms with Crippen LogP contribution >= 0.6 is 0 Å². The van der Waals surface area contributed by atoms with Crippen molar-refractivity contribution in [2.24, 2.45) is 0 Å². The van der Waals surface area contributed by atoms with E-state index < -0.39 is 0 Å². The molecule has 5 N–H and O–H groups in total. The van der Waals surface area contributed by atoms with Crippen molar-refractivity contribution in [1.29, 1.82) is 5.41 Å². The van der Waals surface area contributed by atoms with Crippen molar-refractivity contribution in [2.45, 2.75) is 37.8 Å². The van der Waals surface area contributed by atoms with Gasteiger partial charge in [0.1, 0.15) is 18.0 Å². The SMILES string of the molecule is CNC1CCC(Nc2ncnc3ccc(-c4cnc(N)c(C=N)c4)cc23)CC1. The Morgan fingerprint density at radius 2 is 1.82 bits per heavy atom. The lowest BCUT2D eigenvalue weighted by atomic mass is 9.91. The Hall–Kier alpha value is -3.06. The minimum atomic E-state index is 0.363. The molecule has 1 aliphatic carbocycles. The normalized spacial score (nSPS) is 19.5. The second-order valence-corrected chi connectivity index (χ2v) is 7.28. The molecule has 1 aliphatic rings. The highest BCUT2D eigenvalue weighted by Crippen LogP contribution is 2.29. The zero-order chi connectivity index (χ0) is 19.5. The van der Waals surface area contributed by atoms with E-state index in [1.807, 2.05) is 25.2 Å². The third-order valence-electron chi connectivity index (χ3n) is 5.55. The molecule has 1 aromatic carbocycles. The van der Waals surface area contributed by atoms with Gasteiger partial charge in [-0.1, -0.05) is 6.07 Å². The molecule has 1 fully saturated rings. The van der Waals surface area contributed by atoms with Gasteiger partial charge in [0.25, 0.3) is 0 Å². The minimum absolute atomic E-state index is 0.363. The van der Waals surface area contributed by atoms with E-state index in [1.54, 1.807) is 12.5 Å². The molecular weight excluding hydrogens is 350 g/mol. The molecule has 28 heavy (non-hydrogen) atoms. The Balaban J connectivity index is 1.65. The van der Waals surface area contributed by atoms with Crippen LogP contribution < -0.4 is 16.4 Å². The van der Waals surface area contributed by atoms with Crippen LogP contribution in [0.5, 0.6) is 0 Å². The lowest BCUT2D eigenvalue weighted by molar-refractivity contribution is 0.371. The Kier molecular flexibility index (Phi) is 5.16. The number of benzene rings is 1. The smallest absolute Gasteiger partial charge is 0.137 e. The van der Waals surface area contributed by atoms with Crippen LogP contribution in [-0.4, -0.2) is 40.3 Å². The summed E-state index contributed by atoms with van der Waals surface area (Å²) in [5, 5.41) is 15.5. The van der Waals surface area contributed by atoms with Gasteiger partial charge in [-0.25, -0.2) is 15.0 Å². The highest BCUT2D eigenvalue weighted by Gasteiger charge is 2.20. The zero-order valence-corrected chi connectivity index (χ0v) is 15.9. The van der Waals surface area contributed by atoms with Crippen LogP contribution in [-0.2, 0) is 0 Å². The van der Waals surface area contributed by atoms with Crippen LogP contribution in [0.4, 0.5) is 11.6 Å². The largest absolute Gasteiger partial charge is 0.383 e. The van der Waals surface area contributed by atoms with E-state index in [2.05, 4.69) is 31.7 Å². The Labute approximate surface area is 164 Å². The van der Waals surface area contributed by atoms with Crippen LogP contribution in [0.3, 0.4) is 0 Å². The first-order chi connectivity index (χ1) is 13.7. The fraction of sp³-hybridized carbons (Fsp3) is 0.333. The number of aromatic nitrogens is 3. The second kappa shape index (κ2) is 7.90. The molecule has 0 atom stereocenters. The molecule has 3 aromatic rings. The summed E-state index contributed by atoms with van der Waals surface area (Å²) < 4.78 is 0. The number of fused-ring (bicyclic) bond motifs is 1. The number of nitrogens with zero attached hydrogens (tertiary/aromatic N) is 3. The topological polar surface area (TPSA) is 113 Å². The van der Waals surface area contributed by atoms with Gasteiger partial charge in [0.05, 0.1) is 5.52 Å². The Morgan fingerprint density at radius 1 is 1.04 bits per heavy atom. The molecule has 0 spiro atoms. The molecule has 0 unspecified atom stereocenters. The van der Waals surface area contributed by atoms with Gasteiger partial charge in [0, 0.05) is 41.0 Å². The van der Waals surface area contributed by atoms with Gasteiger partial charge in [0.15, 0.2) is 0 Å². The molecule has 0 saturated heterocycles. The molecule has 0 aliphatic heterocycles. The van der Waals surface area contributed by atoms with Gasteiger partial charge in [-0.3, -0.25) is 0 Å². The third-order valence-corrected chi connectivity index (χ3v) is 5.55. The lowest BCUT2D eigenvalue weighted by Crippen LogP contribution is -2.35. The zero-order valence-electron chi connectivity index (χ0n) is 15.9. The van der Waals surface area contributed by atoms with Crippen LogP contribution in [0.2, 0.25) is 0 Å².